The van der Waals surface area contributed by atoms with Crippen LogP contribution in [-0.4, -0.2) is 33.4 Å². The monoisotopic (exact) mass is 341 g/mol. The Balaban J connectivity index is 1.87. The largest absolute Gasteiger partial charge is 0.433 e. The van der Waals surface area contributed by atoms with Gasteiger partial charge in [0.2, 0.25) is 5.91 Å². The molecule has 0 aromatic carbocycles. The number of hydrogen-bond donors (Lipinski definition) is 0. The molecule has 1 fully saturated rings. The smallest absolute Gasteiger partial charge is 0.340 e. The number of piperidine rings is 1. The van der Waals surface area contributed by atoms with Gasteiger partial charge in [-0.25, -0.2) is 9.97 Å². The number of fused-ring (bicyclic) bond motifs is 1. The van der Waals surface area contributed by atoms with Crippen molar-refractivity contribution < 1.29 is 18.0 Å². The second-order valence-corrected chi connectivity index (χ2v) is 6.86. The van der Waals surface area contributed by atoms with Gasteiger partial charge in [0, 0.05) is 29.8 Å². The number of nitrogens with zero attached hydrogens (tertiary/aromatic N) is 3. The van der Waals surface area contributed by atoms with Crippen molar-refractivity contribution in [1.82, 2.24) is 14.9 Å². The molecule has 1 aromatic rings. The summed E-state index contributed by atoms with van der Waals surface area (Å²) in [5, 5.41) is 0. The lowest BCUT2D eigenvalue weighted by atomic mass is 9.84. The fourth-order valence-corrected chi connectivity index (χ4v) is 3.84. The predicted molar refractivity (Wildman–Crippen MR) is 82.3 cm³/mol. The molecule has 1 amide bonds. The SMILES string of the molecule is Cc1nc2c(c(C(F)(F)F)n1)C[C@@H](C(=O)N1CCCC[C@@H]1C)CC2. The normalized spacial score (nSPS) is 24.6. The average molecular weight is 341 g/mol. The van der Waals surface area contributed by atoms with Crippen LogP contribution >= 0.6 is 0 Å². The second kappa shape index (κ2) is 6.33. The molecule has 2 heterocycles. The van der Waals surface area contributed by atoms with E-state index in [-0.39, 0.29) is 29.8 Å². The molecule has 24 heavy (non-hydrogen) atoms. The standard InChI is InChI=1S/C17H22F3N3O/c1-10-5-3-4-8-23(10)16(24)12-6-7-14-13(9-12)15(17(18,19)20)22-11(2)21-14/h10,12H,3-9H2,1-2H3/t10-,12-/m0/s1. The van der Waals surface area contributed by atoms with Crippen LogP contribution in [0.2, 0.25) is 0 Å². The molecule has 0 bridgehead atoms. The minimum absolute atomic E-state index is 0.0125. The first-order chi connectivity index (χ1) is 11.3. The second-order valence-electron chi connectivity index (χ2n) is 6.86. The van der Waals surface area contributed by atoms with Gasteiger partial charge in [0.1, 0.15) is 5.82 Å². The van der Waals surface area contributed by atoms with Gasteiger partial charge in [-0.15, -0.1) is 0 Å². The predicted octanol–water partition coefficient (Wildman–Crippen LogP) is 3.31. The number of aryl methyl sites for hydroxylation is 2. The van der Waals surface area contributed by atoms with Crippen molar-refractivity contribution in [2.45, 2.75) is 64.6 Å². The van der Waals surface area contributed by atoms with Crippen LogP contribution in [0.1, 0.15) is 55.4 Å². The Morgan fingerprint density at radius 3 is 2.62 bits per heavy atom. The van der Waals surface area contributed by atoms with Crippen LogP contribution in [0.4, 0.5) is 13.2 Å². The Bertz CT molecular complexity index is 645. The minimum Gasteiger partial charge on any atom is -0.340 e. The van der Waals surface area contributed by atoms with Crippen molar-refractivity contribution in [1.29, 1.82) is 0 Å². The Labute approximate surface area is 139 Å². The summed E-state index contributed by atoms with van der Waals surface area (Å²) in [4.78, 5) is 22.4. The molecule has 1 aliphatic heterocycles. The maximum Gasteiger partial charge on any atom is 0.433 e. The van der Waals surface area contributed by atoms with Crippen LogP contribution in [0.5, 0.6) is 0 Å². The zero-order chi connectivity index (χ0) is 17.5. The van der Waals surface area contributed by atoms with E-state index in [0.29, 0.717) is 25.1 Å². The third-order valence-corrected chi connectivity index (χ3v) is 5.09. The van der Waals surface area contributed by atoms with E-state index < -0.39 is 17.8 Å². The highest BCUT2D eigenvalue weighted by Gasteiger charge is 2.40. The number of amides is 1. The van der Waals surface area contributed by atoms with E-state index in [1.165, 1.54) is 6.92 Å². The van der Waals surface area contributed by atoms with Crippen LogP contribution in [0, 0.1) is 12.8 Å². The van der Waals surface area contributed by atoms with Crippen LogP contribution in [0.3, 0.4) is 0 Å². The zero-order valence-electron chi connectivity index (χ0n) is 14.0. The van der Waals surface area contributed by atoms with Crippen molar-refractivity contribution in [3.05, 3.63) is 22.8 Å². The number of likely N-dealkylation sites (tertiary alicyclic amines) is 1. The van der Waals surface area contributed by atoms with Crippen molar-refractivity contribution in [2.75, 3.05) is 6.54 Å². The number of halogens is 3. The quantitative estimate of drug-likeness (QED) is 0.787. The van der Waals surface area contributed by atoms with Crippen molar-refractivity contribution in [3.8, 4) is 0 Å². The highest BCUT2D eigenvalue weighted by Crippen LogP contribution is 2.36. The van der Waals surface area contributed by atoms with E-state index in [2.05, 4.69) is 9.97 Å². The summed E-state index contributed by atoms with van der Waals surface area (Å²) in [6.07, 6.45) is -0.429. The summed E-state index contributed by atoms with van der Waals surface area (Å²) in [7, 11) is 0. The van der Waals surface area contributed by atoms with Gasteiger partial charge in [0.25, 0.3) is 0 Å². The van der Waals surface area contributed by atoms with Gasteiger partial charge >= 0.3 is 6.18 Å². The topological polar surface area (TPSA) is 46.1 Å². The average Bonchev–Trinajstić information content (AvgIpc) is 2.52. The summed E-state index contributed by atoms with van der Waals surface area (Å²) < 4.78 is 39.9. The molecule has 4 nitrogen and oxygen atoms in total. The third-order valence-electron chi connectivity index (χ3n) is 5.09. The van der Waals surface area contributed by atoms with Gasteiger partial charge in [-0.2, -0.15) is 13.2 Å². The van der Waals surface area contributed by atoms with Gasteiger partial charge < -0.3 is 4.90 Å². The summed E-state index contributed by atoms with van der Waals surface area (Å²) in [5.74, 6) is -0.275. The maximum absolute atomic E-state index is 13.3. The van der Waals surface area contributed by atoms with Gasteiger partial charge in [-0.3, -0.25) is 4.79 Å². The number of aromatic nitrogens is 2. The van der Waals surface area contributed by atoms with Crippen LogP contribution < -0.4 is 0 Å². The number of hydrogen-bond acceptors (Lipinski definition) is 3. The van der Waals surface area contributed by atoms with E-state index in [9.17, 15) is 18.0 Å². The molecule has 0 spiro atoms. The number of carbonyl (C=O) groups is 1. The molecular weight excluding hydrogens is 319 g/mol. The molecule has 1 aliphatic carbocycles. The van der Waals surface area contributed by atoms with Crippen LogP contribution in [0.15, 0.2) is 0 Å². The minimum atomic E-state index is -4.51. The van der Waals surface area contributed by atoms with E-state index in [1.54, 1.807) is 0 Å². The highest BCUT2D eigenvalue weighted by atomic mass is 19.4. The molecule has 0 radical (unpaired) electrons. The van der Waals surface area contributed by atoms with Gasteiger partial charge in [0.15, 0.2) is 5.69 Å². The fraction of sp³-hybridized carbons (Fsp3) is 0.706. The molecule has 0 saturated carbocycles. The van der Waals surface area contributed by atoms with Gasteiger partial charge in [-0.05, 0) is 52.4 Å². The summed E-state index contributed by atoms with van der Waals surface area (Å²) in [6, 6.07) is 0.170. The van der Waals surface area contributed by atoms with E-state index >= 15 is 0 Å². The first-order valence-electron chi connectivity index (χ1n) is 8.51. The number of rotatable bonds is 1. The molecule has 2 aliphatic rings. The molecule has 1 saturated heterocycles. The van der Waals surface area contributed by atoms with E-state index in [4.69, 9.17) is 0 Å². The van der Waals surface area contributed by atoms with Gasteiger partial charge in [0.05, 0.1) is 0 Å². The lowest BCUT2D eigenvalue weighted by Crippen LogP contribution is -2.46. The van der Waals surface area contributed by atoms with Crippen LogP contribution in [0.25, 0.3) is 0 Å². The fourth-order valence-electron chi connectivity index (χ4n) is 3.84. The van der Waals surface area contributed by atoms with E-state index in [0.717, 1.165) is 19.3 Å². The highest BCUT2D eigenvalue weighted by molar-refractivity contribution is 5.80. The Morgan fingerprint density at radius 1 is 1.21 bits per heavy atom. The first-order valence-corrected chi connectivity index (χ1v) is 8.51. The van der Waals surface area contributed by atoms with Crippen molar-refractivity contribution in [3.63, 3.8) is 0 Å². The molecule has 1 aromatic heterocycles. The number of carbonyl (C=O) groups excluding carboxylic acids is 1. The van der Waals surface area contributed by atoms with Crippen molar-refractivity contribution >= 4 is 5.91 Å². The zero-order valence-corrected chi connectivity index (χ0v) is 14.0. The summed E-state index contributed by atoms with van der Waals surface area (Å²) in [5.41, 5.74) is -0.304. The Kier molecular flexibility index (Phi) is 4.53. The molecule has 0 N–H and O–H groups in total. The summed E-state index contributed by atoms with van der Waals surface area (Å²) >= 11 is 0. The Hall–Kier alpha value is -1.66. The third kappa shape index (κ3) is 3.26. The Morgan fingerprint density at radius 2 is 1.96 bits per heavy atom. The van der Waals surface area contributed by atoms with Crippen molar-refractivity contribution in [2.24, 2.45) is 5.92 Å². The van der Waals surface area contributed by atoms with E-state index in [1.807, 2.05) is 11.8 Å². The summed E-state index contributed by atoms with van der Waals surface area (Å²) in [6.45, 7) is 4.20. The molecular formula is C17H22F3N3O. The van der Waals surface area contributed by atoms with Crippen LogP contribution in [-0.2, 0) is 23.8 Å². The number of alkyl halides is 3. The molecule has 3 rings (SSSR count). The lowest BCUT2D eigenvalue weighted by Gasteiger charge is -2.37. The molecule has 132 valence electrons. The first kappa shape index (κ1) is 17.2. The molecule has 0 unspecified atom stereocenters. The molecule has 2 atom stereocenters. The molecule has 7 heteroatoms. The van der Waals surface area contributed by atoms with Gasteiger partial charge in [-0.1, -0.05) is 0 Å². The maximum atomic E-state index is 13.3. The lowest BCUT2D eigenvalue weighted by molar-refractivity contribution is -0.144.